The Morgan fingerprint density at radius 3 is 2.73 bits per heavy atom. The molecular weight excluding hydrogens is 191 g/mol. The van der Waals surface area contributed by atoms with E-state index in [2.05, 4.69) is 20.8 Å². The van der Waals surface area contributed by atoms with Gasteiger partial charge in [0.2, 0.25) is 0 Å². The SMILES string of the molecule is CCC/C(=C1/C(F)CCCN1N)C(C)C. The van der Waals surface area contributed by atoms with Crippen molar-refractivity contribution in [3.63, 3.8) is 0 Å². The summed E-state index contributed by atoms with van der Waals surface area (Å²) in [4.78, 5) is 0. The molecule has 1 heterocycles. The lowest BCUT2D eigenvalue weighted by Crippen LogP contribution is -2.40. The Bertz CT molecular complexity index is 224. The van der Waals surface area contributed by atoms with Crippen molar-refractivity contribution in [1.82, 2.24) is 5.01 Å². The fourth-order valence-corrected chi connectivity index (χ4v) is 2.25. The largest absolute Gasteiger partial charge is 0.312 e. The highest BCUT2D eigenvalue weighted by Crippen LogP contribution is 2.30. The van der Waals surface area contributed by atoms with Crippen molar-refractivity contribution in [2.75, 3.05) is 6.54 Å². The number of hydrogen-bond donors (Lipinski definition) is 1. The van der Waals surface area contributed by atoms with Crippen LogP contribution in [0.5, 0.6) is 0 Å². The topological polar surface area (TPSA) is 29.3 Å². The molecule has 0 aromatic heterocycles. The van der Waals surface area contributed by atoms with Crippen LogP contribution in [0.25, 0.3) is 0 Å². The van der Waals surface area contributed by atoms with Gasteiger partial charge in [-0.25, -0.2) is 10.2 Å². The zero-order valence-electron chi connectivity index (χ0n) is 10.1. The van der Waals surface area contributed by atoms with E-state index >= 15 is 0 Å². The van der Waals surface area contributed by atoms with Crippen LogP contribution >= 0.6 is 0 Å². The van der Waals surface area contributed by atoms with Crippen LogP contribution in [0, 0.1) is 5.92 Å². The van der Waals surface area contributed by atoms with E-state index in [-0.39, 0.29) is 0 Å². The van der Waals surface area contributed by atoms with Crippen molar-refractivity contribution < 1.29 is 4.39 Å². The first kappa shape index (κ1) is 12.5. The third-order valence-corrected chi connectivity index (χ3v) is 3.01. The number of hydrogen-bond acceptors (Lipinski definition) is 2. The Morgan fingerprint density at radius 1 is 1.60 bits per heavy atom. The van der Waals surface area contributed by atoms with Gasteiger partial charge in [0.15, 0.2) is 0 Å². The normalized spacial score (nSPS) is 26.0. The highest BCUT2D eigenvalue weighted by Gasteiger charge is 2.26. The molecule has 88 valence electrons. The van der Waals surface area contributed by atoms with E-state index in [1.807, 2.05) is 0 Å². The highest BCUT2D eigenvalue weighted by molar-refractivity contribution is 5.20. The van der Waals surface area contributed by atoms with E-state index < -0.39 is 6.17 Å². The van der Waals surface area contributed by atoms with Crippen LogP contribution in [0.1, 0.15) is 46.5 Å². The summed E-state index contributed by atoms with van der Waals surface area (Å²) in [6.45, 7) is 7.15. The minimum Gasteiger partial charge on any atom is -0.312 e. The van der Waals surface area contributed by atoms with Crippen LogP contribution in [0.4, 0.5) is 4.39 Å². The molecule has 1 aliphatic heterocycles. The van der Waals surface area contributed by atoms with Gasteiger partial charge >= 0.3 is 0 Å². The molecule has 1 fully saturated rings. The second kappa shape index (κ2) is 5.50. The van der Waals surface area contributed by atoms with E-state index in [0.29, 0.717) is 12.3 Å². The number of hydrazine groups is 1. The van der Waals surface area contributed by atoms with Crippen molar-refractivity contribution in [3.05, 3.63) is 11.3 Å². The maximum atomic E-state index is 13.9. The molecule has 0 aliphatic carbocycles. The predicted octanol–water partition coefficient (Wildman–Crippen LogP) is 3.00. The van der Waals surface area contributed by atoms with Gasteiger partial charge in [-0.05, 0) is 30.8 Å². The Kier molecular flexibility index (Phi) is 4.58. The number of nitrogens with two attached hydrogens (primary N) is 1. The van der Waals surface area contributed by atoms with E-state index in [4.69, 9.17) is 5.84 Å². The van der Waals surface area contributed by atoms with Gasteiger partial charge in [-0.3, -0.25) is 0 Å². The first-order valence-electron chi connectivity index (χ1n) is 5.97. The molecule has 1 unspecified atom stereocenters. The number of piperidine rings is 1. The maximum Gasteiger partial charge on any atom is 0.141 e. The molecule has 0 spiro atoms. The van der Waals surface area contributed by atoms with Gasteiger partial charge in [0, 0.05) is 6.54 Å². The molecule has 0 amide bonds. The van der Waals surface area contributed by atoms with Gasteiger partial charge < -0.3 is 5.01 Å². The zero-order valence-corrected chi connectivity index (χ0v) is 10.1. The molecule has 0 radical (unpaired) electrons. The molecule has 2 nitrogen and oxygen atoms in total. The number of halogens is 1. The van der Waals surface area contributed by atoms with Crippen LogP contribution in [0.15, 0.2) is 11.3 Å². The molecule has 0 aromatic carbocycles. The zero-order chi connectivity index (χ0) is 11.4. The molecule has 0 bridgehead atoms. The quantitative estimate of drug-likeness (QED) is 0.732. The Hall–Kier alpha value is -0.570. The lowest BCUT2D eigenvalue weighted by Gasteiger charge is -2.33. The average molecular weight is 214 g/mol. The van der Waals surface area contributed by atoms with Crippen LogP contribution in [-0.2, 0) is 0 Å². The Labute approximate surface area is 92.3 Å². The van der Waals surface area contributed by atoms with Gasteiger partial charge in [0.1, 0.15) is 6.17 Å². The highest BCUT2D eigenvalue weighted by atomic mass is 19.1. The summed E-state index contributed by atoms with van der Waals surface area (Å²) in [6, 6.07) is 0. The van der Waals surface area contributed by atoms with Crippen LogP contribution in [0.3, 0.4) is 0 Å². The van der Waals surface area contributed by atoms with Crippen molar-refractivity contribution >= 4 is 0 Å². The summed E-state index contributed by atoms with van der Waals surface area (Å²) in [6.07, 6.45) is 2.65. The van der Waals surface area contributed by atoms with Crippen LogP contribution in [0.2, 0.25) is 0 Å². The molecule has 1 aliphatic rings. The minimum atomic E-state index is -0.854. The fourth-order valence-electron chi connectivity index (χ4n) is 2.25. The van der Waals surface area contributed by atoms with Crippen molar-refractivity contribution in [1.29, 1.82) is 0 Å². The molecule has 2 N–H and O–H groups in total. The molecule has 1 atom stereocenters. The smallest absolute Gasteiger partial charge is 0.141 e. The van der Waals surface area contributed by atoms with Crippen molar-refractivity contribution in [2.45, 2.75) is 52.6 Å². The number of rotatable bonds is 3. The van der Waals surface area contributed by atoms with Crippen LogP contribution in [-0.4, -0.2) is 17.7 Å². The first-order valence-corrected chi connectivity index (χ1v) is 5.97. The van der Waals surface area contributed by atoms with Crippen molar-refractivity contribution in [2.24, 2.45) is 11.8 Å². The average Bonchev–Trinajstić information content (AvgIpc) is 2.15. The number of alkyl halides is 1. The molecule has 0 saturated carbocycles. The third kappa shape index (κ3) is 2.94. The lowest BCUT2D eigenvalue weighted by atomic mass is 9.91. The number of allylic oxidation sites excluding steroid dienone is 2. The fraction of sp³-hybridized carbons (Fsp3) is 0.833. The first-order chi connectivity index (χ1) is 7.07. The summed E-state index contributed by atoms with van der Waals surface area (Å²) in [7, 11) is 0. The molecule has 15 heavy (non-hydrogen) atoms. The molecule has 1 rings (SSSR count). The van der Waals surface area contributed by atoms with Gasteiger partial charge in [-0.1, -0.05) is 27.2 Å². The van der Waals surface area contributed by atoms with Crippen molar-refractivity contribution in [3.8, 4) is 0 Å². The number of nitrogens with zero attached hydrogens (tertiary/aromatic N) is 1. The van der Waals surface area contributed by atoms with Gasteiger partial charge in [-0.2, -0.15) is 0 Å². The third-order valence-electron chi connectivity index (χ3n) is 3.01. The Balaban J connectivity index is 2.97. The second-order valence-electron chi connectivity index (χ2n) is 4.62. The Morgan fingerprint density at radius 2 is 2.27 bits per heavy atom. The second-order valence-corrected chi connectivity index (χ2v) is 4.62. The maximum absolute atomic E-state index is 13.9. The van der Waals surface area contributed by atoms with E-state index in [9.17, 15) is 4.39 Å². The summed E-state index contributed by atoms with van der Waals surface area (Å²) in [5.41, 5.74) is 1.96. The summed E-state index contributed by atoms with van der Waals surface area (Å²) < 4.78 is 13.9. The minimum absolute atomic E-state index is 0.391. The predicted molar refractivity (Wildman–Crippen MR) is 61.8 cm³/mol. The summed E-state index contributed by atoms with van der Waals surface area (Å²) >= 11 is 0. The van der Waals surface area contributed by atoms with E-state index in [1.54, 1.807) is 5.01 Å². The van der Waals surface area contributed by atoms with E-state index in [1.165, 1.54) is 5.57 Å². The van der Waals surface area contributed by atoms with Gasteiger partial charge in [0.25, 0.3) is 0 Å². The summed E-state index contributed by atoms with van der Waals surface area (Å²) in [5, 5.41) is 1.62. The standard InChI is InChI=1S/C12H23FN2/c1-4-6-10(9(2)3)12-11(13)7-5-8-15(12)14/h9,11H,4-8,14H2,1-3H3/b12-10+. The molecule has 3 heteroatoms. The monoisotopic (exact) mass is 214 g/mol. The molecule has 0 aromatic rings. The summed E-state index contributed by atoms with van der Waals surface area (Å²) in [5.74, 6) is 6.26. The molecule has 1 saturated heterocycles. The molecular formula is C12H23FN2. The van der Waals surface area contributed by atoms with Gasteiger partial charge in [0.05, 0.1) is 5.70 Å². The lowest BCUT2D eigenvalue weighted by molar-refractivity contribution is 0.194. The van der Waals surface area contributed by atoms with Gasteiger partial charge in [-0.15, -0.1) is 0 Å². The van der Waals surface area contributed by atoms with Crippen LogP contribution < -0.4 is 5.84 Å². The van der Waals surface area contributed by atoms with E-state index in [0.717, 1.165) is 31.5 Å².